The van der Waals surface area contributed by atoms with Gasteiger partial charge in [0.05, 0.1) is 12.9 Å². The number of allylic oxidation sites excluding steroid dienone is 1. The number of halogens is 1. The second-order valence-electron chi connectivity index (χ2n) is 7.61. The van der Waals surface area contributed by atoms with E-state index in [-0.39, 0.29) is 11.7 Å². The third-order valence-corrected chi connectivity index (χ3v) is 5.23. The van der Waals surface area contributed by atoms with Crippen LogP contribution in [0.5, 0.6) is 5.75 Å². The number of rotatable bonds is 10. The number of carbonyl (C=O) groups is 1. The molecule has 0 aliphatic rings. The van der Waals surface area contributed by atoms with Crippen molar-refractivity contribution in [2.75, 3.05) is 13.2 Å². The highest BCUT2D eigenvalue weighted by atomic mass is 19.1. The van der Waals surface area contributed by atoms with Crippen molar-refractivity contribution in [1.82, 2.24) is 5.32 Å². The van der Waals surface area contributed by atoms with Crippen LogP contribution in [-0.2, 0) is 4.79 Å². The van der Waals surface area contributed by atoms with E-state index in [9.17, 15) is 9.18 Å². The molecule has 0 saturated heterocycles. The van der Waals surface area contributed by atoms with Crippen LogP contribution in [0.25, 0.3) is 27.7 Å². The number of unbranched alkanes of at least 4 members (excludes halogenated alkanes) is 3. The van der Waals surface area contributed by atoms with Crippen LogP contribution in [0, 0.1) is 5.82 Å². The van der Waals surface area contributed by atoms with Crippen molar-refractivity contribution in [1.29, 1.82) is 0 Å². The van der Waals surface area contributed by atoms with Crippen LogP contribution in [0.2, 0.25) is 0 Å². The summed E-state index contributed by atoms with van der Waals surface area (Å²) >= 11 is 0. The van der Waals surface area contributed by atoms with Crippen molar-refractivity contribution in [3.05, 3.63) is 60.1 Å². The summed E-state index contributed by atoms with van der Waals surface area (Å²) in [4.78, 5) is 12.4. The molecule has 1 heterocycles. The first-order valence-corrected chi connectivity index (χ1v) is 10.9. The smallest absolute Gasteiger partial charge is 0.244 e. The average molecular weight is 424 g/mol. The summed E-state index contributed by atoms with van der Waals surface area (Å²) in [5, 5.41) is 3.85. The Hall–Kier alpha value is -3.08. The molecular weight excluding hydrogens is 393 g/mol. The van der Waals surface area contributed by atoms with Crippen LogP contribution in [0.3, 0.4) is 0 Å². The minimum atomic E-state index is -0.282. The second kappa shape index (κ2) is 10.8. The molecule has 1 amide bonds. The summed E-state index contributed by atoms with van der Waals surface area (Å²) in [6.45, 7) is 7.16. The normalized spacial score (nSPS) is 11.7. The molecule has 2 aromatic carbocycles. The molecule has 0 saturated carbocycles. The van der Waals surface area contributed by atoms with Gasteiger partial charge >= 0.3 is 0 Å². The van der Waals surface area contributed by atoms with Crippen molar-refractivity contribution in [3.8, 4) is 16.9 Å². The van der Waals surface area contributed by atoms with E-state index in [4.69, 9.17) is 9.15 Å². The maximum atomic E-state index is 13.3. The highest BCUT2D eigenvalue weighted by molar-refractivity contribution is 6.00. The van der Waals surface area contributed by atoms with Crippen molar-refractivity contribution in [2.45, 2.75) is 46.5 Å². The summed E-state index contributed by atoms with van der Waals surface area (Å²) in [6.07, 6.45) is 7.74. The Kier molecular flexibility index (Phi) is 7.88. The summed E-state index contributed by atoms with van der Waals surface area (Å²) in [7, 11) is 0. The van der Waals surface area contributed by atoms with E-state index < -0.39 is 0 Å². The van der Waals surface area contributed by atoms with Gasteiger partial charge in [-0.05, 0) is 49.6 Å². The molecule has 0 aliphatic heterocycles. The van der Waals surface area contributed by atoms with E-state index >= 15 is 0 Å². The summed E-state index contributed by atoms with van der Waals surface area (Å²) in [5.41, 5.74) is 4.05. The van der Waals surface area contributed by atoms with Crippen LogP contribution in [-0.4, -0.2) is 19.1 Å². The van der Waals surface area contributed by atoms with Gasteiger partial charge in [-0.1, -0.05) is 38.3 Å². The molecule has 4 nitrogen and oxygen atoms in total. The predicted molar refractivity (Wildman–Crippen MR) is 124 cm³/mol. The molecule has 1 N–H and O–H groups in total. The van der Waals surface area contributed by atoms with E-state index in [0.29, 0.717) is 24.5 Å². The SMILES string of the molecule is CCCCCCNC(=O)/C=C(\C)c1cc2c(-c3ccc(F)cc3)coc2cc1OCC. The van der Waals surface area contributed by atoms with Crippen LogP contribution in [0.1, 0.15) is 52.0 Å². The predicted octanol–water partition coefficient (Wildman–Crippen LogP) is 6.74. The van der Waals surface area contributed by atoms with Gasteiger partial charge in [-0.3, -0.25) is 4.79 Å². The monoisotopic (exact) mass is 423 g/mol. The molecule has 1 aromatic heterocycles. The lowest BCUT2D eigenvalue weighted by Gasteiger charge is -2.12. The average Bonchev–Trinajstić information content (AvgIpc) is 3.16. The first-order valence-electron chi connectivity index (χ1n) is 10.9. The highest BCUT2D eigenvalue weighted by Crippen LogP contribution is 2.37. The van der Waals surface area contributed by atoms with E-state index in [1.807, 2.05) is 26.0 Å². The fourth-order valence-corrected chi connectivity index (χ4v) is 3.58. The molecule has 0 atom stereocenters. The minimum absolute atomic E-state index is 0.109. The molecule has 5 heteroatoms. The van der Waals surface area contributed by atoms with Crippen molar-refractivity contribution in [2.24, 2.45) is 0 Å². The lowest BCUT2D eigenvalue weighted by Crippen LogP contribution is -2.22. The molecule has 3 rings (SSSR count). The van der Waals surface area contributed by atoms with Crippen LogP contribution in [0.4, 0.5) is 4.39 Å². The molecule has 0 aliphatic carbocycles. The zero-order chi connectivity index (χ0) is 22.2. The minimum Gasteiger partial charge on any atom is -0.493 e. The Labute approximate surface area is 183 Å². The standard InChI is InChI=1S/C26H30FNO3/c1-4-6-7-8-13-28-26(29)14-18(3)21-15-22-23(19-9-11-20(27)12-10-19)17-31-25(22)16-24(21)30-5-2/h9-12,14-17H,4-8,13H2,1-3H3,(H,28,29)/b18-14+. The Morgan fingerprint density at radius 1 is 1.13 bits per heavy atom. The van der Waals surface area contributed by atoms with Gasteiger partial charge in [0, 0.05) is 35.2 Å². The fraction of sp³-hybridized carbons (Fsp3) is 0.346. The Balaban J connectivity index is 1.90. The molecule has 0 unspecified atom stereocenters. The van der Waals surface area contributed by atoms with Gasteiger partial charge in [0.2, 0.25) is 5.91 Å². The lowest BCUT2D eigenvalue weighted by atomic mass is 9.99. The zero-order valence-corrected chi connectivity index (χ0v) is 18.5. The number of nitrogens with one attached hydrogen (secondary N) is 1. The Morgan fingerprint density at radius 2 is 1.90 bits per heavy atom. The molecule has 31 heavy (non-hydrogen) atoms. The van der Waals surface area contributed by atoms with Crippen LogP contribution < -0.4 is 10.1 Å². The van der Waals surface area contributed by atoms with Gasteiger partial charge < -0.3 is 14.5 Å². The molecule has 0 bridgehead atoms. The summed E-state index contributed by atoms with van der Waals surface area (Å²) in [6, 6.07) is 10.1. The summed E-state index contributed by atoms with van der Waals surface area (Å²) in [5.74, 6) is 0.275. The van der Waals surface area contributed by atoms with Crippen molar-refractivity contribution < 1.29 is 18.3 Å². The maximum absolute atomic E-state index is 13.3. The number of hydrogen-bond acceptors (Lipinski definition) is 3. The summed E-state index contributed by atoms with van der Waals surface area (Å²) < 4.78 is 24.9. The third-order valence-electron chi connectivity index (χ3n) is 5.23. The van der Waals surface area contributed by atoms with Gasteiger partial charge in [-0.25, -0.2) is 4.39 Å². The Morgan fingerprint density at radius 3 is 2.61 bits per heavy atom. The number of ether oxygens (including phenoxy) is 1. The van der Waals surface area contributed by atoms with Gasteiger partial charge in [-0.2, -0.15) is 0 Å². The first kappa shape index (κ1) is 22.6. The van der Waals surface area contributed by atoms with Crippen molar-refractivity contribution >= 4 is 22.4 Å². The molecule has 3 aromatic rings. The molecular formula is C26H30FNO3. The second-order valence-corrected chi connectivity index (χ2v) is 7.61. The van der Waals surface area contributed by atoms with E-state index in [1.54, 1.807) is 24.5 Å². The molecule has 0 radical (unpaired) electrons. The van der Waals surface area contributed by atoms with Crippen LogP contribution >= 0.6 is 0 Å². The van der Waals surface area contributed by atoms with Gasteiger partial charge in [0.25, 0.3) is 0 Å². The van der Waals surface area contributed by atoms with Gasteiger partial charge in [-0.15, -0.1) is 0 Å². The molecule has 164 valence electrons. The largest absolute Gasteiger partial charge is 0.493 e. The number of amides is 1. The highest BCUT2D eigenvalue weighted by Gasteiger charge is 2.15. The van der Waals surface area contributed by atoms with Gasteiger partial charge in [0.1, 0.15) is 17.1 Å². The van der Waals surface area contributed by atoms with Crippen LogP contribution in [0.15, 0.2) is 53.2 Å². The topological polar surface area (TPSA) is 51.5 Å². The Bertz CT molecular complexity index is 1050. The first-order chi connectivity index (χ1) is 15.0. The van der Waals surface area contributed by atoms with E-state index in [1.165, 1.54) is 25.0 Å². The maximum Gasteiger partial charge on any atom is 0.244 e. The molecule has 0 fully saturated rings. The van der Waals surface area contributed by atoms with Crippen molar-refractivity contribution in [3.63, 3.8) is 0 Å². The lowest BCUT2D eigenvalue weighted by molar-refractivity contribution is -0.116. The number of benzene rings is 2. The third kappa shape index (κ3) is 5.75. The molecule has 0 spiro atoms. The number of fused-ring (bicyclic) bond motifs is 1. The quantitative estimate of drug-likeness (QED) is 0.290. The van der Waals surface area contributed by atoms with E-state index in [0.717, 1.165) is 40.5 Å². The zero-order valence-electron chi connectivity index (χ0n) is 18.5. The number of carbonyl (C=O) groups excluding carboxylic acids is 1. The fourth-order valence-electron chi connectivity index (χ4n) is 3.58. The van der Waals surface area contributed by atoms with E-state index in [2.05, 4.69) is 12.2 Å². The number of hydrogen-bond donors (Lipinski definition) is 1. The van der Waals surface area contributed by atoms with Gasteiger partial charge in [0.15, 0.2) is 0 Å². The number of furan rings is 1.